The van der Waals surface area contributed by atoms with Crippen molar-refractivity contribution in [1.82, 2.24) is 0 Å². The van der Waals surface area contributed by atoms with Crippen molar-refractivity contribution >= 4 is 0 Å². The Bertz CT molecular complexity index is 166. The zero-order valence-corrected chi connectivity index (χ0v) is 12.5. The summed E-state index contributed by atoms with van der Waals surface area (Å²) >= 11 is 0. The lowest BCUT2D eigenvalue weighted by Crippen LogP contribution is -2.33. The normalized spacial score (nSPS) is 14.7. The molecule has 0 radical (unpaired) electrons. The quantitative estimate of drug-likeness (QED) is 0.287. The third-order valence-electron chi connectivity index (χ3n) is 3.43. The molecule has 0 spiro atoms. The van der Waals surface area contributed by atoms with Crippen molar-refractivity contribution in [3.8, 4) is 0 Å². The Morgan fingerprint density at radius 2 is 1.06 bits per heavy atom. The van der Waals surface area contributed by atoms with Crippen molar-refractivity contribution < 1.29 is 10.0 Å². The lowest BCUT2D eigenvalue weighted by molar-refractivity contribution is -1.05. The fourth-order valence-electron chi connectivity index (χ4n) is 2.25. The predicted molar refractivity (Wildman–Crippen MR) is 77.3 cm³/mol. The SMILES string of the molecule is CCCCCCCCCCCCCC[N+](C)([O-])O. The van der Waals surface area contributed by atoms with E-state index in [0.29, 0.717) is 6.54 Å². The highest BCUT2D eigenvalue weighted by Crippen LogP contribution is 2.12. The molecule has 0 fully saturated rings. The Balaban J connectivity index is 2.99. The Kier molecular flexibility index (Phi) is 11.9. The van der Waals surface area contributed by atoms with E-state index < -0.39 is 4.81 Å². The van der Waals surface area contributed by atoms with Crippen molar-refractivity contribution in [1.29, 1.82) is 0 Å². The largest absolute Gasteiger partial charge is 0.599 e. The molecule has 18 heavy (non-hydrogen) atoms. The van der Waals surface area contributed by atoms with Crippen LogP contribution in [0.4, 0.5) is 0 Å². The molecule has 1 unspecified atom stereocenters. The number of quaternary nitrogens is 1. The molecule has 0 aromatic rings. The monoisotopic (exact) mass is 259 g/mol. The molecule has 0 aliphatic rings. The summed E-state index contributed by atoms with van der Waals surface area (Å²) in [6, 6.07) is 0. The molecule has 0 bridgehead atoms. The van der Waals surface area contributed by atoms with Crippen LogP contribution in [-0.2, 0) is 0 Å². The summed E-state index contributed by atoms with van der Waals surface area (Å²) in [7, 11) is 1.29. The zero-order chi connectivity index (χ0) is 13.7. The topological polar surface area (TPSA) is 43.3 Å². The average molecular weight is 259 g/mol. The summed E-state index contributed by atoms with van der Waals surface area (Å²) in [5.74, 6) is 0. The van der Waals surface area contributed by atoms with Gasteiger partial charge in [0.25, 0.3) is 0 Å². The first-order valence-corrected chi connectivity index (χ1v) is 7.85. The highest BCUT2D eigenvalue weighted by Gasteiger charge is 2.03. The van der Waals surface area contributed by atoms with Crippen molar-refractivity contribution in [3.05, 3.63) is 5.21 Å². The highest BCUT2D eigenvalue weighted by atomic mass is 16.8. The van der Waals surface area contributed by atoms with Gasteiger partial charge < -0.3 is 5.21 Å². The van der Waals surface area contributed by atoms with Crippen molar-refractivity contribution in [2.24, 2.45) is 0 Å². The third kappa shape index (κ3) is 15.9. The molecule has 1 atom stereocenters. The van der Waals surface area contributed by atoms with Crippen LogP contribution in [0.25, 0.3) is 0 Å². The van der Waals surface area contributed by atoms with E-state index in [2.05, 4.69) is 6.92 Å². The van der Waals surface area contributed by atoms with Gasteiger partial charge in [-0.15, -0.1) is 0 Å². The maximum absolute atomic E-state index is 10.9. The second-order valence-electron chi connectivity index (χ2n) is 5.66. The minimum Gasteiger partial charge on any atom is -0.599 e. The minimum atomic E-state index is -1.13. The highest BCUT2D eigenvalue weighted by molar-refractivity contribution is 4.48. The van der Waals surface area contributed by atoms with Gasteiger partial charge in [0.2, 0.25) is 0 Å². The standard InChI is InChI=1S/C15H33NO2/c1-3-4-5-6-7-8-9-10-11-12-13-14-15-16(2,17)18/h17H,3-15H2,1-2H3. The zero-order valence-electron chi connectivity index (χ0n) is 12.5. The number of hydroxylamine groups is 4. The maximum Gasteiger partial charge on any atom is 0.108 e. The van der Waals surface area contributed by atoms with Crippen LogP contribution in [0, 0.1) is 5.21 Å². The predicted octanol–water partition coefficient (Wildman–Crippen LogP) is 5.02. The number of hydrogen-bond acceptors (Lipinski definition) is 2. The van der Waals surface area contributed by atoms with Gasteiger partial charge in [-0.2, -0.15) is 0 Å². The van der Waals surface area contributed by atoms with E-state index in [0.717, 1.165) is 12.8 Å². The van der Waals surface area contributed by atoms with Gasteiger partial charge in [-0.1, -0.05) is 71.1 Å². The molecule has 0 heterocycles. The second kappa shape index (κ2) is 11.9. The van der Waals surface area contributed by atoms with Gasteiger partial charge >= 0.3 is 0 Å². The molecular weight excluding hydrogens is 226 g/mol. The maximum atomic E-state index is 10.9. The van der Waals surface area contributed by atoms with Crippen LogP contribution in [0.3, 0.4) is 0 Å². The number of nitrogens with zero attached hydrogens (tertiary/aromatic N) is 1. The number of unbranched alkanes of at least 4 members (excludes halogenated alkanes) is 11. The third-order valence-corrected chi connectivity index (χ3v) is 3.43. The summed E-state index contributed by atoms with van der Waals surface area (Å²) in [6.07, 6.45) is 15.4. The first-order chi connectivity index (χ1) is 8.56. The van der Waals surface area contributed by atoms with Crippen LogP contribution in [-0.4, -0.2) is 23.6 Å². The molecule has 110 valence electrons. The Morgan fingerprint density at radius 1 is 0.722 bits per heavy atom. The molecule has 0 aliphatic carbocycles. The molecule has 3 heteroatoms. The molecule has 3 nitrogen and oxygen atoms in total. The lowest BCUT2D eigenvalue weighted by Gasteiger charge is -2.28. The van der Waals surface area contributed by atoms with Gasteiger partial charge in [0.15, 0.2) is 0 Å². The van der Waals surface area contributed by atoms with Gasteiger partial charge in [0.1, 0.15) is 6.54 Å². The van der Waals surface area contributed by atoms with Crippen LogP contribution in [0.2, 0.25) is 0 Å². The number of rotatable bonds is 13. The van der Waals surface area contributed by atoms with E-state index in [1.807, 2.05) is 0 Å². The first-order valence-electron chi connectivity index (χ1n) is 7.85. The van der Waals surface area contributed by atoms with Gasteiger partial charge in [-0.25, -0.2) is 10.0 Å². The van der Waals surface area contributed by atoms with Crippen LogP contribution in [0.15, 0.2) is 0 Å². The van der Waals surface area contributed by atoms with E-state index >= 15 is 0 Å². The molecule has 0 saturated carbocycles. The molecule has 0 saturated heterocycles. The smallest absolute Gasteiger partial charge is 0.108 e. The van der Waals surface area contributed by atoms with Gasteiger partial charge in [-0.05, 0) is 12.8 Å². The molecule has 0 aliphatic heterocycles. The summed E-state index contributed by atoms with van der Waals surface area (Å²) in [6.45, 7) is 2.59. The van der Waals surface area contributed by atoms with E-state index in [1.54, 1.807) is 0 Å². The van der Waals surface area contributed by atoms with Crippen LogP contribution in [0.1, 0.15) is 84.0 Å². The van der Waals surface area contributed by atoms with Gasteiger partial charge in [0, 0.05) is 0 Å². The fraction of sp³-hybridized carbons (Fsp3) is 1.00. The Labute approximate surface area is 113 Å². The lowest BCUT2D eigenvalue weighted by atomic mass is 10.1. The number of hydrogen-bond donors (Lipinski definition) is 1. The Hall–Kier alpha value is -0.120. The van der Waals surface area contributed by atoms with E-state index in [9.17, 15) is 5.21 Å². The molecular formula is C15H33NO2. The summed E-state index contributed by atoms with van der Waals surface area (Å²) in [5.41, 5.74) is 0. The summed E-state index contributed by atoms with van der Waals surface area (Å²) < 4.78 is 0. The van der Waals surface area contributed by atoms with E-state index in [1.165, 1.54) is 71.3 Å². The second-order valence-corrected chi connectivity index (χ2v) is 5.66. The summed E-state index contributed by atoms with van der Waals surface area (Å²) in [4.78, 5) is -1.13. The van der Waals surface area contributed by atoms with Gasteiger partial charge in [-0.3, -0.25) is 0 Å². The van der Waals surface area contributed by atoms with Crippen LogP contribution >= 0.6 is 0 Å². The molecule has 0 amide bonds. The van der Waals surface area contributed by atoms with Crippen molar-refractivity contribution in [2.45, 2.75) is 84.0 Å². The summed E-state index contributed by atoms with van der Waals surface area (Å²) in [5, 5.41) is 19.8. The molecule has 0 aromatic heterocycles. The molecule has 0 rings (SSSR count). The molecule has 0 aromatic carbocycles. The first kappa shape index (κ1) is 17.9. The van der Waals surface area contributed by atoms with Crippen molar-refractivity contribution in [3.63, 3.8) is 0 Å². The van der Waals surface area contributed by atoms with Gasteiger partial charge in [0.05, 0.1) is 7.05 Å². The Morgan fingerprint density at radius 3 is 1.39 bits per heavy atom. The van der Waals surface area contributed by atoms with Crippen molar-refractivity contribution in [2.75, 3.05) is 13.6 Å². The van der Waals surface area contributed by atoms with Crippen LogP contribution in [0.5, 0.6) is 0 Å². The molecule has 1 N–H and O–H groups in total. The fourth-order valence-corrected chi connectivity index (χ4v) is 2.25. The average Bonchev–Trinajstić information content (AvgIpc) is 2.29. The minimum absolute atomic E-state index is 0.331. The van der Waals surface area contributed by atoms with E-state index in [-0.39, 0.29) is 0 Å². The van der Waals surface area contributed by atoms with Crippen LogP contribution < -0.4 is 0 Å². The van der Waals surface area contributed by atoms with E-state index in [4.69, 9.17) is 5.21 Å².